The molecule has 1 aliphatic carbocycles. The summed E-state index contributed by atoms with van der Waals surface area (Å²) in [5.41, 5.74) is -0.922. The number of hydrogen-bond acceptors (Lipinski definition) is 4. The molecule has 1 saturated carbocycles. The quantitative estimate of drug-likeness (QED) is 0.483. The van der Waals surface area contributed by atoms with E-state index >= 15 is 0 Å². The monoisotopic (exact) mass is 543 g/mol. The molecule has 0 aliphatic heterocycles. The summed E-state index contributed by atoms with van der Waals surface area (Å²) in [5, 5.41) is 2.90. The maximum absolute atomic E-state index is 13.5. The van der Waals surface area contributed by atoms with Crippen molar-refractivity contribution in [1.82, 2.24) is 10.2 Å². The second-order valence-corrected chi connectivity index (χ2v) is 11.0. The first-order chi connectivity index (χ1) is 17.3. The molecule has 0 spiro atoms. The van der Waals surface area contributed by atoms with Crippen LogP contribution >= 0.6 is 0 Å². The number of sulfonamides is 1. The Morgan fingerprint density at radius 1 is 1.08 bits per heavy atom. The number of halogens is 4. The van der Waals surface area contributed by atoms with E-state index in [9.17, 15) is 35.6 Å². The normalized spacial score (nSPS) is 15.3. The average Bonchev–Trinajstić information content (AvgIpc) is 3.33. The maximum Gasteiger partial charge on any atom is 0.416 e. The van der Waals surface area contributed by atoms with Crippen LogP contribution in [0.15, 0.2) is 48.5 Å². The van der Waals surface area contributed by atoms with Crippen LogP contribution in [0.25, 0.3) is 0 Å². The third-order valence-corrected chi connectivity index (χ3v) is 7.42. The van der Waals surface area contributed by atoms with Gasteiger partial charge in [0.2, 0.25) is 21.8 Å². The van der Waals surface area contributed by atoms with Gasteiger partial charge < -0.3 is 10.2 Å². The number of nitrogens with zero attached hydrogens (tertiary/aromatic N) is 2. The molecule has 1 aliphatic rings. The van der Waals surface area contributed by atoms with Crippen LogP contribution in [-0.2, 0) is 32.3 Å². The van der Waals surface area contributed by atoms with Crippen LogP contribution in [0, 0.1) is 5.82 Å². The highest BCUT2D eigenvalue weighted by Gasteiger charge is 2.34. The molecule has 0 aromatic heterocycles. The van der Waals surface area contributed by atoms with Gasteiger partial charge in [0.25, 0.3) is 0 Å². The Morgan fingerprint density at radius 2 is 1.70 bits per heavy atom. The second kappa shape index (κ2) is 11.5. The van der Waals surface area contributed by atoms with Gasteiger partial charge >= 0.3 is 6.18 Å². The van der Waals surface area contributed by atoms with E-state index in [2.05, 4.69) is 5.32 Å². The fraction of sp³-hybridized carbons (Fsp3) is 0.440. The second-order valence-electron chi connectivity index (χ2n) is 9.13. The molecule has 2 amide bonds. The Morgan fingerprint density at radius 3 is 2.27 bits per heavy atom. The Bertz CT molecular complexity index is 1210. The number of carbonyl (C=O) groups excluding carboxylic acids is 2. The molecule has 2 aromatic carbocycles. The highest BCUT2D eigenvalue weighted by atomic mass is 32.2. The van der Waals surface area contributed by atoms with Gasteiger partial charge in [-0.2, -0.15) is 13.2 Å². The lowest BCUT2D eigenvalue weighted by molar-refractivity contribution is -0.139. The molecular formula is C25H29F4N3O4S. The van der Waals surface area contributed by atoms with Gasteiger partial charge in [0.15, 0.2) is 0 Å². The molecule has 2 aromatic rings. The van der Waals surface area contributed by atoms with Crippen molar-refractivity contribution in [3.8, 4) is 0 Å². The van der Waals surface area contributed by atoms with E-state index in [1.165, 1.54) is 31.2 Å². The number of alkyl halides is 3. The number of carbonyl (C=O) groups is 2. The maximum atomic E-state index is 13.5. The predicted molar refractivity (Wildman–Crippen MR) is 130 cm³/mol. The zero-order chi connectivity index (χ0) is 27.4. The standard InChI is InChI=1S/C25H29F4N3O4S/c1-17(24(34)30-21-7-3-4-8-21)31(15-18-10-12-20(26)13-11-18)23(33)16-32(37(2,35)36)22-9-5-6-19(14-22)25(27,28)29/h5-6,9-14,17,21H,3-4,7-8,15-16H2,1-2H3,(H,30,34)/t17-/m1/s1. The first-order valence-corrected chi connectivity index (χ1v) is 13.6. The summed E-state index contributed by atoms with van der Waals surface area (Å²) < 4.78 is 78.8. The number of nitrogens with one attached hydrogen (secondary N) is 1. The van der Waals surface area contributed by atoms with Crippen molar-refractivity contribution < 1.29 is 35.6 Å². The van der Waals surface area contributed by atoms with Gasteiger partial charge in [-0.05, 0) is 55.7 Å². The van der Waals surface area contributed by atoms with E-state index in [0.717, 1.165) is 55.0 Å². The van der Waals surface area contributed by atoms with E-state index < -0.39 is 52.0 Å². The summed E-state index contributed by atoms with van der Waals surface area (Å²) in [7, 11) is -4.18. The van der Waals surface area contributed by atoms with Crippen molar-refractivity contribution in [1.29, 1.82) is 0 Å². The van der Waals surface area contributed by atoms with Gasteiger partial charge in [-0.25, -0.2) is 12.8 Å². The molecule has 0 bridgehead atoms. The molecule has 202 valence electrons. The van der Waals surface area contributed by atoms with Gasteiger partial charge in [-0.15, -0.1) is 0 Å². The number of anilines is 1. The largest absolute Gasteiger partial charge is 0.416 e. The van der Waals surface area contributed by atoms with Crippen molar-refractivity contribution in [2.24, 2.45) is 0 Å². The van der Waals surface area contributed by atoms with Crippen LogP contribution in [-0.4, -0.2) is 50.0 Å². The molecule has 7 nitrogen and oxygen atoms in total. The predicted octanol–water partition coefficient (Wildman–Crippen LogP) is 4.09. The van der Waals surface area contributed by atoms with Gasteiger partial charge in [0.1, 0.15) is 18.4 Å². The fourth-order valence-electron chi connectivity index (χ4n) is 4.21. The average molecular weight is 544 g/mol. The number of rotatable bonds is 9. The number of amides is 2. The third-order valence-electron chi connectivity index (χ3n) is 6.28. The molecule has 0 unspecified atom stereocenters. The molecule has 37 heavy (non-hydrogen) atoms. The van der Waals surface area contributed by atoms with Crippen LogP contribution in [0.4, 0.5) is 23.2 Å². The summed E-state index contributed by atoms with van der Waals surface area (Å²) >= 11 is 0. The molecule has 1 fully saturated rings. The first kappa shape index (κ1) is 28.4. The summed E-state index contributed by atoms with van der Waals surface area (Å²) in [4.78, 5) is 27.6. The summed E-state index contributed by atoms with van der Waals surface area (Å²) in [6, 6.07) is 7.82. The zero-order valence-electron chi connectivity index (χ0n) is 20.5. The SMILES string of the molecule is C[C@H](C(=O)NC1CCCC1)N(Cc1ccc(F)cc1)C(=O)CN(c1cccc(C(F)(F)F)c1)S(C)(=O)=O. The molecular weight excluding hydrogens is 514 g/mol. The molecule has 3 rings (SSSR count). The molecule has 0 heterocycles. The lowest BCUT2D eigenvalue weighted by Gasteiger charge is -2.32. The Hall–Kier alpha value is -3.15. The zero-order valence-corrected chi connectivity index (χ0v) is 21.3. The van der Waals surface area contributed by atoms with E-state index in [1.54, 1.807) is 0 Å². The van der Waals surface area contributed by atoms with E-state index in [0.29, 0.717) is 15.9 Å². The topological polar surface area (TPSA) is 86.8 Å². The van der Waals surface area contributed by atoms with Crippen molar-refractivity contribution in [3.63, 3.8) is 0 Å². The van der Waals surface area contributed by atoms with Crippen LogP contribution in [0.3, 0.4) is 0 Å². The van der Waals surface area contributed by atoms with Crippen LogP contribution in [0.5, 0.6) is 0 Å². The lowest BCUT2D eigenvalue weighted by atomic mass is 10.1. The highest BCUT2D eigenvalue weighted by molar-refractivity contribution is 7.92. The number of hydrogen-bond donors (Lipinski definition) is 1. The molecule has 0 saturated heterocycles. The fourth-order valence-corrected chi connectivity index (χ4v) is 5.05. The number of benzene rings is 2. The summed E-state index contributed by atoms with van der Waals surface area (Å²) in [6.45, 7) is 0.516. The molecule has 0 radical (unpaired) electrons. The Kier molecular flexibility index (Phi) is 8.83. The van der Waals surface area contributed by atoms with Crippen molar-refractivity contribution in [2.45, 2.75) is 57.4 Å². The molecule has 1 atom stereocenters. The Labute approximate surface area is 213 Å². The van der Waals surface area contributed by atoms with Gasteiger partial charge in [-0.1, -0.05) is 31.0 Å². The van der Waals surface area contributed by atoms with E-state index in [-0.39, 0.29) is 18.3 Å². The van der Waals surface area contributed by atoms with Crippen LogP contribution < -0.4 is 9.62 Å². The molecule has 1 N–H and O–H groups in total. The summed E-state index contributed by atoms with van der Waals surface area (Å²) in [5.74, 6) is -1.74. The minimum Gasteiger partial charge on any atom is -0.352 e. The van der Waals surface area contributed by atoms with E-state index in [4.69, 9.17) is 0 Å². The Balaban J connectivity index is 1.91. The van der Waals surface area contributed by atoms with Gasteiger partial charge in [0.05, 0.1) is 17.5 Å². The minimum atomic E-state index is -4.72. The lowest BCUT2D eigenvalue weighted by Crippen LogP contribution is -2.52. The third kappa shape index (κ3) is 7.67. The molecule has 12 heteroatoms. The minimum absolute atomic E-state index is 0.0321. The van der Waals surface area contributed by atoms with Crippen molar-refractivity contribution >= 4 is 27.5 Å². The van der Waals surface area contributed by atoms with Crippen LogP contribution in [0.1, 0.15) is 43.7 Å². The van der Waals surface area contributed by atoms with Crippen molar-refractivity contribution in [3.05, 3.63) is 65.5 Å². The van der Waals surface area contributed by atoms with Crippen LogP contribution in [0.2, 0.25) is 0 Å². The summed E-state index contributed by atoms with van der Waals surface area (Å²) in [6.07, 6.45) is -0.384. The van der Waals surface area contributed by atoms with Gasteiger partial charge in [-0.3, -0.25) is 13.9 Å². The smallest absolute Gasteiger partial charge is 0.352 e. The first-order valence-electron chi connectivity index (χ1n) is 11.7. The highest BCUT2D eigenvalue weighted by Crippen LogP contribution is 2.32. The van der Waals surface area contributed by atoms with E-state index in [1.807, 2.05) is 0 Å². The van der Waals surface area contributed by atoms with Crippen molar-refractivity contribution in [2.75, 3.05) is 17.1 Å². The van der Waals surface area contributed by atoms with Gasteiger partial charge in [0, 0.05) is 12.6 Å².